The highest BCUT2D eigenvalue weighted by Crippen LogP contribution is 2.20. The molecule has 2 heterocycles. The molecule has 15 heavy (non-hydrogen) atoms. The van der Waals surface area contributed by atoms with Gasteiger partial charge in [-0.3, -0.25) is 9.80 Å². The minimum Gasteiger partial charge on any atom is -0.394 e. The van der Waals surface area contributed by atoms with Gasteiger partial charge in [0.2, 0.25) is 0 Å². The molecule has 2 fully saturated rings. The fourth-order valence-corrected chi connectivity index (χ4v) is 2.58. The van der Waals surface area contributed by atoms with Crippen LogP contribution in [0, 0.1) is 0 Å². The van der Waals surface area contributed by atoms with Crippen molar-refractivity contribution in [3.8, 4) is 0 Å². The van der Waals surface area contributed by atoms with Gasteiger partial charge in [-0.2, -0.15) is 0 Å². The fraction of sp³-hybridized carbons (Fsp3) is 1.00. The Bertz CT molecular complexity index is 205. The van der Waals surface area contributed by atoms with E-state index in [0.29, 0.717) is 12.1 Å². The van der Waals surface area contributed by atoms with Gasteiger partial charge in [-0.15, -0.1) is 0 Å². The first kappa shape index (κ1) is 11.3. The molecular formula is C11H22N2O2. The van der Waals surface area contributed by atoms with Crippen LogP contribution in [0.2, 0.25) is 0 Å². The average molecular weight is 214 g/mol. The summed E-state index contributed by atoms with van der Waals surface area (Å²) >= 11 is 0. The molecule has 0 aromatic heterocycles. The topological polar surface area (TPSA) is 35.9 Å². The van der Waals surface area contributed by atoms with Gasteiger partial charge in [-0.25, -0.2) is 0 Å². The smallest absolute Gasteiger partial charge is 0.0973 e. The van der Waals surface area contributed by atoms with E-state index >= 15 is 0 Å². The number of hydrogen-bond donors (Lipinski definition) is 1. The maximum absolute atomic E-state index is 9.28. The highest BCUT2D eigenvalue weighted by Gasteiger charge is 2.36. The zero-order valence-corrected chi connectivity index (χ0v) is 9.72. The lowest BCUT2D eigenvalue weighted by Gasteiger charge is -2.48. The predicted molar refractivity (Wildman–Crippen MR) is 58.9 cm³/mol. The average Bonchev–Trinajstić information content (AvgIpc) is 2.27. The number of hydrogen-bond acceptors (Lipinski definition) is 4. The van der Waals surface area contributed by atoms with Crippen LogP contribution in [0.1, 0.15) is 13.8 Å². The first-order valence-corrected chi connectivity index (χ1v) is 5.93. The molecule has 0 aromatic carbocycles. The summed E-state index contributed by atoms with van der Waals surface area (Å²) < 4.78 is 5.61. The van der Waals surface area contributed by atoms with Gasteiger partial charge in [0.15, 0.2) is 0 Å². The molecule has 4 nitrogen and oxygen atoms in total. The van der Waals surface area contributed by atoms with Crippen molar-refractivity contribution in [1.82, 2.24) is 9.80 Å². The van der Waals surface area contributed by atoms with Crippen molar-refractivity contribution in [2.24, 2.45) is 0 Å². The quantitative estimate of drug-likeness (QED) is 0.689. The van der Waals surface area contributed by atoms with Crippen molar-refractivity contribution < 1.29 is 9.84 Å². The van der Waals surface area contributed by atoms with Crippen LogP contribution in [0.3, 0.4) is 0 Å². The van der Waals surface area contributed by atoms with Gasteiger partial charge in [0.25, 0.3) is 0 Å². The van der Waals surface area contributed by atoms with Crippen LogP contribution >= 0.6 is 0 Å². The molecule has 0 saturated carbocycles. The molecule has 0 aliphatic carbocycles. The van der Waals surface area contributed by atoms with Crippen molar-refractivity contribution in [3.05, 3.63) is 0 Å². The molecule has 2 aliphatic heterocycles. The monoisotopic (exact) mass is 214 g/mol. The molecule has 0 aromatic rings. The first-order valence-electron chi connectivity index (χ1n) is 5.93. The van der Waals surface area contributed by atoms with E-state index in [9.17, 15) is 5.11 Å². The molecule has 2 saturated heterocycles. The van der Waals surface area contributed by atoms with Crippen LogP contribution in [0.5, 0.6) is 0 Å². The van der Waals surface area contributed by atoms with Gasteiger partial charge in [-0.1, -0.05) is 0 Å². The molecule has 1 N–H and O–H groups in total. The Morgan fingerprint density at radius 2 is 2.13 bits per heavy atom. The number of fused-ring (bicyclic) bond motifs is 1. The number of nitrogens with zero attached hydrogens (tertiary/aromatic N) is 2. The van der Waals surface area contributed by atoms with Gasteiger partial charge in [0.1, 0.15) is 0 Å². The summed E-state index contributed by atoms with van der Waals surface area (Å²) in [6.07, 6.45) is 0.0142. The van der Waals surface area contributed by atoms with Gasteiger partial charge in [-0.05, 0) is 13.8 Å². The van der Waals surface area contributed by atoms with Gasteiger partial charge in [0.05, 0.1) is 25.4 Å². The summed E-state index contributed by atoms with van der Waals surface area (Å²) in [6, 6.07) is 0.980. The van der Waals surface area contributed by atoms with Gasteiger partial charge >= 0.3 is 0 Å². The molecule has 0 unspecified atom stereocenters. The van der Waals surface area contributed by atoms with E-state index in [0.717, 1.165) is 32.8 Å². The maximum Gasteiger partial charge on any atom is 0.0973 e. The Balaban J connectivity index is 2.00. The number of morpholine rings is 1. The molecule has 0 amide bonds. The minimum atomic E-state index is 0.0142. The fourth-order valence-electron chi connectivity index (χ4n) is 2.58. The maximum atomic E-state index is 9.28. The molecule has 88 valence electrons. The Hall–Kier alpha value is -0.160. The van der Waals surface area contributed by atoms with Crippen molar-refractivity contribution in [2.75, 3.05) is 39.4 Å². The number of aliphatic hydroxyl groups excluding tert-OH is 1. The van der Waals surface area contributed by atoms with Crippen LogP contribution in [-0.4, -0.2) is 72.5 Å². The Morgan fingerprint density at radius 1 is 1.33 bits per heavy atom. The molecule has 0 spiro atoms. The number of piperazine rings is 1. The highest BCUT2D eigenvalue weighted by atomic mass is 16.5. The molecular weight excluding hydrogens is 192 g/mol. The Morgan fingerprint density at radius 3 is 2.80 bits per heavy atom. The third kappa shape index (κ3) is 2.33. The van der Waals surface area contributed by atoms with E-state index < -0.39 is 0 Å². The molecule has 0 bridgehead atoms. The predicted octanol–water partition coefficient (Wildman–Crippen LogP) is -0.228. The summed E-state index contributed by atoms with van der Waals surface area (Å²) in [5.41, 5.74) is 0. The SMILES string of the molecule is CC(C)N1CCN2CCO[C@@H](CO)[C@H]2C1. The van der Waals surface area contributed by atoms with Crippen molar-refractivity contribution >= 4 is 0 Å². The van der Waals surface area contributed by atoms with Crippen LogP contribution in [0.15, 0.2) is 0 Å². The summed E-state index contributed by atoms with van der Waals surface area (Å²) in [7, 11) is 0. The zero-order chi connectivity index (χ0) is 10.8. The third-order valence-corrected chi connectivity index (χ3v) is 3.61. The van der Waals surface area contributed by atoms with Crippen molar-refractivity contribution in [1.29, 1.82) is 0 Å². The molecule has 2 aliphatic rings. The van der Waals surface area contributed by atoms with E-state index in [1.807, 2.05) is 0 Å². The summed E-state index contributed by atoms with van der Waals surface area (Å²) in [5, 5.41) is 9.28. The third-order valence-electron chi connectivity index (χ3n) is 3.61. The summed E-state index contributed by atoms with van der Waals surface area (Å²) in [4.78, 5) is 4.93. The van der Waals surface area contributed by atoms with E-state index in [4.69, 9.17) is 4.74 Å². The van der Waals surface area contributed by atoms with Crippen LogP contribution in [0.4, 0.5) is 0 Å². The highest BCUT2D eigenvalue weighted by molar-refractivity contribution is 4.91. The summed E-state index contributed by atoms with van der Waals surface area (Å²) in [6.45, 7) is 9.68. The number of rotatable bonds is 2. The van der Waals surface area contributed by atoms with Crippen molar-refractivity contribution in [2.45, 2.75) is 32.0 Å². The minimum absolute atomic E-state index is 0.0142. The zero-order valence-electron chi connectivity index (χ0n) is 9.72. The van der Waals surface area contributed by atoms with Crippen molar-refractivity contribution in [3.63, 3.8) is 0 Å². The van der Waals surface area contributed by atoms with Crippen LogP contribution in [-0.2, 0) is 4.74 Å². The summed E-state index contributed by atoms with van der Waals surface area (Å²) in [5.74, 6) is 0. The molecule has 2 rings (SSSR count). The second-order valence-corrected chi connectivity index (χ2v) is 4.78. The Kier molecular flexibility index (Phi) is 3.61. The standard InChI is InChI=1S/C11H22N2O2/c1-9(2)13-4-3-12-5-6-15-11(8-14)10(12)7-13/h9-11,14H,3-8H2,1-2H3/t10-,11+/m1/s1. The second kappa shape index (κ2) is 4.78. The van der Waals surface area contributed by atoms with Gasteiger partial charge < -0.3 is 9.84 Å². The van der Waals surface area contributed by atoms with E-state index in [2.05, 4.69) is 23.6 Å². The normalized spacial score (nSPS) is 34.4. The van der Waals surface area contributed by atoms with E-state index in [1.165, 1.54) is 0 Å². The van der Waals surface area contributed by atoms with Gasteiger partial charge in [0, 0.05) is 32.2 Å². The molecule has 0 radical (unpaired) electrons. The Labute approximate surface area is 91.8 Å². The lowest BCUT2D eigenvalue weighted by atomic mass is 10.0. The lowest BCUT2D eigenvalue weighted by molar-refractivity contribution is -0.117. The van der Waals surface area contributed by atoms with Crippen LogP contribution in [0.25, 0.3) is 0 Å². The molecule has 2 atom stereocenters. The lowest BCUT2D eigenvalue weighted by Crippen LogP contribution is -2.63. The van der Waals surface area contributed by atoms with E-state index in [1.54, 1.807) is 0 Å². The number of ether oxygens (including phenoxy) is 1. The van der Waals surface area contributed by atoms with Crippen LogP contribution < -0.4 is 0 Å². The second-order valence-electron chi connectivity index (χ2n) is 4.78. The number of aliphatic hydroxyl groups is 1. The first-order chi connectivity index (χ1) is 7.22. The largest absolute Gasteiger partial charge is 0.394 e. The van der Waals surface area contributed by atoms with E-state index in [-0.39, 0.29) is 12.7 Å². The molecule has 4 heteroatoms.